The zero-order valence-electron chi connectivity index (χ0n) is 7.71. The minimum absolute atomic E-state index is 0.400. The predicted molar refractivity (Wildman–Crippen MR) is 47.4 cm³/mol. The van der Waals surface area contributed by atoms with E-state index >= 15 is 0 Å². The van der Waals surface area contributed by atoms with Crippen molar-refractivity contribution in [3.8, 4) is 0 Å². The highest BCUT2D eigenvalue weighted by atomic mass is 16.3. The van der Waals surface area contributed by atoms with Crippen LogP contribution in [-0.4, -0.2) is 11.7 Å². The van der Waals surface area contributed by atoms with E-state index in [0.717, 1.165) is 11.8 Å². The maximum Gasteiger partial charge on any atom is 0.0459 e. The molecule has 1 aliphatic rings. The summed E-state index contributed by atoms with van der Waals surface area (Å²) in [6.07, 6.45) is 5.15. The average molecular weight is 156 g/mol. The Morgan fingerprint density at radius 2 is 1.91 bits per heavy atom. The van der Waals surface area contributed by atoms with E-state index < -0.39 is 0 Å². The van der Waals surface area contributed by atoms with Gasteiger partial charge in [0.25, 0.3) is 0 Å². The number of rotatable bonds is 1. The summed E-state index contributed by atoms with van der Waals surface area (Å²) in [5.74, 6) is 2.27. The molecule has 1 saturated carbocycles. The van der Waals surface area contributed by atoms with Crippen LogP contribution < -0.4 is 0 Å². The van der Waals surface area contributed by atoms with Crippen LogP contribution in [0.5, 0.6) is 0 Å². The van der Waals surface area contributed by atoms with Crippen LogP contribution in [-0.2, 0) is 0 Å². The number of hydrogen-bond acceptors (Lipinski definition) is 1. The lowest BCUT2D eigenvalue weighted by molar-refractivity contribution is 0.196. The Hall–Kier alpha value is -0.0400. The molecule has 66 valence electrons. The van der Waals surface area contributed by atoms with Crippen molar-refractivity contribution in [3.05, 3.63) is 0 Å². The molecule has 11 heavy (non-hydrogen) atoms. The Balaban J connectivity index is 2.41. The SMILES string of the molecule is CC1CCC[C@@H](CO)CC1C. The number of hydrogen-bond donors (Lipinski definition) is 1. The van der Waals surface area contributed by atoms with E-state index in [1.54, 1.807) is 0 Å². The molecule has 3 atom stereocenters. The first-order valence-electron chi connectivity index (χ1n) is 4.85. The van der Waals surface area contributed by atoms with Gasteiger partial charge in [-0.25, -0.2) is 0 Å². The maximum absolute atomic E-state index is 9.02. The van der Waals surface area contributed by atoms with E-state index in [1.807, 2.05) is 0 Å². The van der Waals surface area contributed by atoms with Gasteiger partial charge >= 0.3 is 0 Å². The lowest BCUT2D eigenvalue weighted by atomic mass is 9.89. The van der Waals surface area contributed by atoms with Crippen molar-refractivity contribution in [1.82, 2.24) is 0 Å². The molecule has 0 aromatic rings. The molecule has 2 unspecified atom stereocenters. The molecule has 0 aliphatic heterocycles. The van der Waals surface area contributed by atoms with E-state index in [-0.39, 0.29) is 0 Å². The summed E-state index contributed by atoms with van der Waals surface area (Å²) in [5, 5.41) is 9.02. The molecule has 0 heterocycles. The first-order valence-corrected chi connectivity index (χ1v) is 4.85. The lowest BCUT2D eigenvalue weighted by Crippen LogP contribution is -2.11. The van der Waals surface area contributed by atoms with Crippen molar-refractivity contribution >= 4 is 0 Å². The van der Waals surface area contributed by atoms with Crippen molar-refractivity contribution in [2.75, 3.05) is 6.61 Å². The summed E-state index contributed by atoms with van der Waals surface area (Å²) in [7, 11) is 0. The Morgan fingerprint density at radius 1 is 1.18 bits per heavy atom. The molecule has 0 radical (unpaired) electrons. The number of aliphatic hydroxyl groups is 1. The van der Waals surface area contributed by atoms with Gasteiger partial charge in [0.2, 0.25) is 0 Å². The zero-order chi connectivity index (χ0) is 8.27. The molecule has 0 aromatic carbocycles. The normalized spacial score (nSPS) is 40.1. The van der Waals surface area contributed by atoms with Gasteiger partial charge in [-0.1, -0.05) is 26.7 Å². The van der Waals surface area contributed by atoms with Gasteiger partial charge in [0.15, 0.2) is 0 Å². The second-order valence-corrected chi connectivity index (χ2v) is 4.17. The van der Waals surface area contributed by atoms with Crippen LogP contribution in [0.15, 0.2) is 0 Å². The summed E-state index contributed by atoms with van der Waals surface area (Å²) in [5.41, 5.74) is 0. The molecule has 1 rings (SSSR count). The van der Waals surface area contributed by atoms with Gasteiger partial charge in [-0.15, -0.1) is 0 Å². The summed E-state index contributed by atoms with van der Waals surface area (Å²) in [4.78, 5) is 0. The standard InChI is InChI=1S/C10H20O/c1-8-4-3-5-10(7-11)6-9(8)2/h8-11H,3-7H2,1-2H3/t8?,9?,10-/m1/s1. The molecule has 0 saturated heterocycles. The Kier molecular flexibility index (Phi) is 3.38. The monoisotopic (exact) mass is 156 g/mol. The smallest absolute Gasteiger partial charge is 0.0459 e. The molecule has 1 heteroatoms. The quantitative estimate of drug-likeness (QED) is 0.578. The van der Waals surface area contributed by atoms with E-state index in [9.17, 15) is 0 Å². The highest BCUT2D eigenvalue weighted by Crippen LogP contribution is 2.31. The Morgan fingerprint density at radius 3 is 2.55 bits per heavy atom. The van der Waals surface area contributed by atoms with Crippen LogP contribution in [0.25, 0.3) is 0 Å². The van der Waals surface area contributed by atoms with Crippen molar-refractivity contribution in [1.29, 1.82) is 0 Å². The van der Waals surface area contributed by atoms with Gasteiger partial charge in [-0.3, -0.25) is 0 Å². The van der Waals surface area contributed by atoms with Gasteiger partial charge in [-0.2, -0.15) is 0 Å². The molecular formula is C10H20O. The van der Waals surface area contributed by atoms with Gasteiger partial charge in [0.1, 0.15) is 0 Å². The molecule has 1 nitrogen and oxygen atoms in total. The second kappa shape index (κ2) is 4.10. The summed E-state index contributed by atoms with van der Waals surface area (Å²) in [6.45, 7) is 5.06. The van der Waals surface area contributed by atoms with Crippen LogP contribution in [0, 0.1) is 17.8 Å². The first-order chi connectivity index (χ1) is 5.24. The summed E-state index contributed by atoms with van der Waals surface area (Å²) in [6, 6.07) is 0. The largest absolute Gasteiger partial charge is 0.396 e. The minimum atomic E-state index is 0.400. The average Bonchev–Trinajstić information content (AvgIpc) is 2.15. The van der Waals surface area contributed by atoms with Gasteiger partial charge < -0.3 is 5.11 Å². The second-order valence-electron chi connectivity index (χ2n) is 4.17. The van der Waals surface area contributed by atoms with Crippen LogP contribution in [0.2, 0.25) is 0 Å². The minimum Gasteiger partial charge on any atom is -0.396 e. The van der Waals surface area contributed by atoms with Crippen molar-refractivity contribution < 1.29 is 5.11 Å². The molecule has 1 N–H and O–H groups in total. The third-order valence-electron chi connectivity index (χ3n) is 3.21. The van der Waals surface area contributed by atoms with Crippen LogP contribution in [0.1, 0.15) is 39.5 Å². The molecule has 0 aromatic heterocycles. The topological polar surface area (TPSA) is 20.2 Å². The molecular weight excluding hydrogens is 136 g/mol. The van der Waals surface area contributed by atoms with Crippen molar-refractivity contribution in [2.45, 2.75) is 39.5 Å². The van der Waals surface area contributed by atoms with Crippen LogP contribution in [0.3, 0.4) is 0 Å². The van der Waals surface area contributed by atoms with E-state index in [4.69, 9.17) is 5.11 Å². The Labute approximate surface area is 69.8 Å². The third-order valence-corrected chi connectivity index (χ3v) is 3.21. The fourth-order valence-corrected chi connectivity index (χ4v) is 2.05. The highest BCUT2D eigenvalue weighted by molar-refractivity contribution is 4.72. The molecule has 1 fully saturated rings. The van der Waals surface area contributed by atoms with E-state index in [2.05, 4.69) is 13.8 Å². The first kappa shape index (κ1) is 9.05. The number of aliphatic hydroxyl groups excluding tert-OH is 1. The molecule has 0 spiro atoms. The fourth-order valence-electron chi connectivity index (χ4n) is 2.05. The summed E-state index contributed by atoms with van der Waals surface area (Å²) < 4.78 is 0. The van der Waals surface area contributed by atoms with Crippen LogP contribution >= 0.6 is 0 Å². The van der Waals surface area contributed by atoms with Gasteiger partial charge in [0.05, 0.1) is 0 Å². The zero-order valence-corrected chi connectivity index (χ0v) is 7.71. The highest BCUT2D eigenvalue weighted by Gasteiger charge is 2.21. The molecule has 1 aliphatic carbocycles. The molecule has 0 amide bonds. The third kappa shape index (κ3) is 2.48. The Bertz CT molecular complexity index is 111. The maximum atomic E-state index is 9.02. The summed E-state index contributed by atoms with van der Waals surface area (Å²) >= 11 is 0. The van der Waals surface area contributed by atoms with Crippen molar-refractivity contribution in [2.24, 2.45) is 17.8 Å². The fraction of sp³-hybridized carbons (Fsp3) is 1.00. The lowest BCUT2D eigenvalue weighted by Gasteiger charge is -2.18. The predicted octanol–water partition coefficient (Wildman–Crippen LogP) is 2.44. The molecule has 0 bridgehead atoms. The van der Waals surface area contributed by atoms with Crippen molar-refractivity contribution in [3.63, 3.8) is 0 Å². The van der Waals surface area contributed by atoms with Gasteiger partial charge in [0, 0.05) is 6.61 Å². The van der Waals surface area contributed by atoms with E-state index in [0.29, 0.717) is 12.5 Å². The van der Waals surface area contributed by atoms with E-state index in [1.165, 1.54) is 25.7 Å². The van der Waals surface area contributed by atoms with Gasteiger partial charge in [-0.05, 0) is 30.6 Å². The van der Waals surface area contributed by atoms with Crippen LogP contribution in [0.4, 0.5) is 0 Å².